The van der Waals surface area contributed by atoms with Crippen molar-refractivity contribution in [2.24, 2.45) is 11.5 Å². The van der Waals surface area contributed by atoms with Crippen LogP contribution < -0.4 is 64.1 Å². The lowest BCUT2D eigenvalue weighted by Gasteiger charge is -2.47. The maximum atomic E-state index is 15.4. The first kappa shape index (κ1) is 77.0. The van der Waals surface area contributed by atoms with Gasteiger partial charge < -0.3 is 138 Å². The van der Waals surface area contributed by atoms with Gasteiger partial charge in [-0.3, -0.25) is 49.5 Å². The van der Waals surface area contributed by atoms with Crippen LogP contribution in [-0.4, -0.2) is 318 Å². The molecule has 100 heavy (non-hydrogen) atoms. The normalized spacial score (nSPS) is 37.0. The van der Waals surface area contributed by atoms with Crippen molar-refractivity contribution in [1.82, 2.24) is 52.8 Å². The molecule has 38 heteroatoms. The highest BCUT2D eigenvalue weighted by atomic mass is 16.7. The second-order valence-electron chi connectivity index (χ2n) is 25.1. The average molecular weight is 1420 g/mol. The van der Waals surface area contributed by atoms with Crippen LogP contribution in [0.4, 0.5) is 0 Å². The summed E-state index contributed by atoms with van der Waals surface area (Å²) in [6.45, 7) is -3.50. The molecule has 0 aromatic heterocycles. The summed E-state index contributed by atoms with van der Waals surface area (Å²) in [6, 6.07) is 9.14. The summed E-state index contributed by atoms with van der Waals surface area (Å²) in [6.07, 6.45) is -34.4. The number of nitrogens with zero attached hydrogens (tertiary/aromatic N) is 1. The Labute approximate surface area is 570 Å². The number of hydrogen-bond acceptors (Lipinski definition) is 32. The second-order valence-corrected chi connectivity index (χ2v) is 25.1. The van der Waals surface area contributed by atoms with Crippen molar-refractivity contribution in [1.29, 1.82) is 0 Å². The number of amides is 6. The highest BCUT2D eigenvalue weighted by molar-refractivity contribution is 5.98. The summed E-state index contributed by atoms with van der Waals surface area (Å²) in [7, 11) is 0. The van der Waals surface area contributed by atoms with Gasteiger partial charge in [-0.05, 0) is 28.8 Å². The Bertz CT molecular complexity index is 3230. The van der Waals surface area contributed by atoms with E-state index in [1.165, 1.54) is 24.3 Å². The van der Waals surface area contributed by atoms with Gasteiger partial charge in [0.15, 0.2) is 6.29 Å². The zero-order valence-corrected chi connectivity index (χ0v) is 53.8. The predicted molar refractivity (Wildman–Crippen MR) is 336 cm³/mol. The summed E-state index contributed by atoms with van der Waals surface area (Å²) >= 11 is 0. The van der Waals surface area contributed by atoms with Crippen LogP contribution in [0, 0.1) is 0 Å². The minimum absolute atomic E-state index is 0.0756. The first-order valence-corrected chi connectivity index (χ1v) is 32.3. The van der Waals surface area contributed by atoms with Crippen LogP contribution in [-0.2, 0) is 70.1 Å². The van der Waals surface area contributed by atoms with Gasteiger partial charge in [-0.25, -0.2) is 4.90 Å². The Balaban J connectivity index is 1.05. The SMILES string of the molecule is C[C@@H](c1ccccc1)[C@@H]1NC(=O)CNC(=O)[C@H](COC(=O)Cc2ccccc2)NC(=O)[C@@H]([C@@H](O)[C@@H]2CNC(N)N2[C@H]2O[C@H](CO)[C@@H](O)[C@H](O)[C@@H]2O)NC(=O)[C@H]([C@@H](O)[C@@H]2CNC(N)N2)NC(=O)[C@@H](Cc2ccc(O[C@H]3O[C@H](CO)[C@@H](O[C@H]4O[C@H](CO)[C@@H](O)[C@H](O)[C@@H]4O)[C@H](O)[C@@H]3O)cc2)NC1=O. The molecule has 38 nitrogen and oxygen atoms in total. The minimum atomic E-state index is -2.36. The average Bonchev–Trinajstić information content (AvgIpc) is 1.45. The van der Waals surface area contributed by atoms with Gasteiger partial charge in [0, 0.05) is 25.4 Å². The summed E-state index contributed by atoms with van der Waals surface area (Å²) in [5.74, 6) is -9.22. The molecule has 0 spiro atoms. The van der Waals surface area contributed by atoms with Crippen LogP contribution in [0.25, 0.3) is 0 Å². The van der Waals surface area contributed by atoms with Gasteiger partial charge in [0.1, 0.15) is 141 Å². The summed E-state index contributed by atoms with van der Waals surface area (Å²) in [4.78, 5) is 104. The fraction of sp³-hybridized carbons (Fsp3) is 0.597. The van der Waals surface area contributed by atoms with E-state index in [-0.39, 0.29) is 24.3 Å². The molecule has 6 fully saturated rings. The Morgan fingerprint density at radius 2 is 1.15 bits per heavy atom. The molecule has 26 N–H and O–H groups in total. The molecule has 6 heterocycles. The predicted octanol–water partition coefficient (Wildman–Crippen LogP) is -12.8. The number of esters is 1. The number of nitrogens with one attached hydrogen (secondary N) is 9. The molecular formula is C62H88N12O26. The molecule has 6 saturated heterocycles. The number of benzene rings is 3. The van der Waals surface area contributed by atoms with Crippen LogP contribution in [0.15, 0.2) is 84.9 Å². The van der Waals surface area contributed by atoms with Gasteiger partial charge in [-0.2, -0.15) is 0 Å². The smallest absolute Gasteiger partial charge is 0.310 e. The lowest BCUT2D eigenvalue weighted by Crippen LogP contribution is -2.70. The summed E-state index contributed by atoms with van der Waals surface area (Å²) in [5, 5.41) is 165. The van der Waals surface area contributed by atoms with E-state index in [1.54, 1.807) is 67.6 Å². The van der Waals surface area contributed by atoms with Crippen LogP contribution in [0.3, 0.4) is 0 Å². The van der Waals surface area contributed by atoms with Gasteiger partial charge >= 0.3 is 5.97 Å². The van der Waals surface area contributed by atoms with Gasteiger partial charge in [0.05, 0.1) is 51.0 Å². The van der Waals surface area contributed by atoms with E-state index >= 15 is 19.2 Å². The largest absolute Gasteiger partial charge is 0.463 e. The van der Waals surface area contributed by atoms with E-state index in [9.17, 15) is 80.8 Å². The first-order chi connectivity index (χ1) is 47.7. The molecular weight excluding hydrogens is 1330 g/mol. The minimum Gasteiger partial charge on any atom is -0.463 e. The van der Waals surface area contributed by atoms with Crippen LogP contribution in [0.5, 0.6) is 5.75 Å². The van der Waals surface area contributed by atoms with Crippen molar-refractivity contribution in [2.75, 3.05) is 46.1 Å². The molecule has 6 amide bonds. The highest BCUT2D eigenvalue weighted by Gasteiger charge is 2.55. The molecule has 27 atom stereocenters. The third kappa shape index (κ3) is 18.2. The summed E-state index contributed by atoms with van der Waals surface area (Å²) < 4.78 is 34.0. The molecule has 3 aromatic carbocycles. The van der Waals surface area contributed by atoms with E-state index in [0.29, 0.717) is 11.1 Å². The van der Waals surface area contributed by atoms with Crippen molar-refractivity contribution in [3.05, 3.63) is 102 Å². The van der Waals surface area contributed by atoms with Crippen molar-refractivity contribution >= 4 is 41.4 Å². The Morgan fingerprint density at radius 3 is 1.79 bits per heavy atom. The number of ether oxygens (including phenoxy) is 6. The molecule has 0 saturated carbocycles. The second kappa shape index (κ2) is 34.7. The maximum Gasteiger partial charge on any atom is 0.310 e. The monoisotopic (exact) mass is 1420 g/mol. The van der Waals surface area contributed by atoms with Crippen molar-refractivity contribution in [3.8, 4) is 5.75 Å². The van der Waals surface area contributed by atoms with E-state index in [4.69, 9.17) is 39.9 Å². The van der Waals surface area contributed by atoms with Crippen LogP contribution in [0.2, 0.25) is 0 Å². The van der Waals surface area contributed by atoms with Gasteiger partial charge in [0.2, 0.25) is 41.7 Å². The van der Waals surface area contributed by atoms with Crippen molar-refractivity contribution in [2.45, 2.75) is 185 Å². The molecule has 552 valence electrons. The van der Waals surface area contributed by atoms with Crippen LogP contribution in [0.1, 0.15) is 29.5 Å². The maximum absolute atomic E-state index is 15.4. The van der Waals surface area contributed by atoms with Crippen molar-refractivity contribution in [3.63, 3.8) is 0 Å². The Hall–Kier alpha value is -7.17. The van der Waals surface area contributed by atoms with E-state index in [2.05, 4.69) is 47.9 Å². The quantitative estimate of drug-likeness (QED) is 0.0467. The number of aliphatic hydroxyl groups is 13. The number of nitrogens with two attached hydrogens (primary N) is 2. The fourth-order valence-electron chi connectivity index (χ4n) is 12.5. The molecule has 0 aliphatic carbocycles. The van der Waals surface area contributed by atoms with E-state index in [0.717, 1.165) is 4.90 Å². The lowest BCUT2D eigenvalue weighted by atomic mass is 9.92. The molecule has 6 aliphatic heterocycles. The zero-order valence-electron chi connectivity index (χ0n) is 53.8. The highest BCUT2D eigenvalue weighted by Crippen LogP contribution is 2.33. The van der Waals surface area contributed by atoms with Gasteiger partial charge in [0.25, 0.3) is 0 Å². The molecule has 2 unspecified atom stereocenters. The summed E-state index contributed by atoms with van der Waals surface area (Å²) in [5.41, 5.74) is 13.7. The molecule has 0 radical (unpaired) electrons. The van der Waals surface area contributed by atoms with E-state index in [1.807, 2.05) is 0 Å². The molecule has 9 rings (SSSR count). The molecule has 0 bridgehead atoms. The lowest BCUT2D eigenvalue weighted by molar-refractivity contribution is -0.352. The standard InChI is InChI=1S/C62H88N12O26/c1-25(28-10-6-3-7-11-28)39-55(92)68-30(16-27-12-14-29(15-13-27)96-59-51(89)48(86)52(36(23-77)99-59)100-60-50(88)47(85)45(83)35(22-76)98-60)54(91)72-40(42(80)31-18-66-61(63)70-31)57(94)73-41(43(81)33-19-67-62(64)74(33)58-49(87)46(84)44(82)34(21-75)97-58)56(93)69-32(53(90)65-20-37(78)71-39)24-95-38(79)17-26-8-4-2-5-9-26/h2-15,25,30-36,39-52,58-62,66-67,70,75-77,80-89H,16-24,63-64H2,1H3,(H,65,90)(H,68,92)(H,69,93)(H,71,78)(H,72,91)(H,73,94)/t25-,30+,31-,32-,33-,34+,35+,36+,39-,40-,41+,42-,43-,44+,45+,46-,47-,48+,49-,50-,51-,52+,58-,59-,60+,61?,62?/m0/s1. The Kier molecular flexibility index (Phi) is 26.7. The number of aliphatic hydroxyl groups excluding tert-OH is 13. The third-order valence-corrected chi connectivity index (χ3v) is 18.3. The first-order valence-electron chi connectivity index (χ1n) is 32.3. The van der Waals surface area contributed by atoms with Gasteiger partial charge in [-0.15, -0.1) is 0 Å². The van der Waals surface area contributed by atoms with Crippen LogP contribution >= 0.6 is 0 Å². The fourth-order valence-corrected chi connectivity index (χ4v) is 12.5. The number of hydrogen-bond donors (Lipinski definition) is 24. The number of carbonyl (C=O) groups excluding carboxylic acids is 7. The number of carbonyl (C=O) groups is 7. The van der Waals surface area contributed by atoms with Crippen molar-refractivity contribution < 1.29 is 128 Å². The zero-order chi connectivity index (χ0) is 72.4. The van der Waals surface area contributed by atoms with E-state index < -0.39 is 252 Å². The van der Waals surface area contributed by atoms with Gasteiger partial charge in [-0.1, -0.05) is 79.7 Å². The Morgan fingerprint density at radius 1 is 0.580 bits per heavy atom. The molecule has 3 aromatic rings. The third-order valence-electron chi connectivity index (χ3n) is 18.3. The molecule has 6 aliphatic rings. The number of rotatable bonds is 20. The topological polar surface area (TPSA) is 601 Å².